The summed E-state index contributed by atoms with van der Waals surface area (Å²) in [6, 6.07) is 8.68. The van der Waals surface area contributed by atoms with Crippen LogP contribution in [0.4, 0.5) is 5.69 Å². The molecule has 1 saturated heterocycles. The third-order valence-electron chi connectivity index (χ3n) is 2.53. The summed E-state index contributed by atoms with van der Waals surface area (Å²) >= 11 is 2.42. The van der Waals surface area contributed by atoms with Gasteiger partial charge in [-0.05, 0) is 11.6 Å². The van der Waals surface area contributed by atoms with Gasteiger partial charge in [-0.1, -0.05) is 40.8 Å². The molecule has 1 aromatic carbocycles. The SMILES string of the molecule is ICc1ccccc1N1CC[N]CC1. The Labute approximate surface area is 98.8 Å². The van der Waals surface area contributed by atoms with Crippen molar-refractivity contribution in [2.24, 2.45) is 0 Å². The van der Waals surface area contributed by atoms with E-state index in [9.17, 15) is 0 Å². The van der Waals surface area contributed by atoms with Gasteiger partial charge in [-0.2, -0.15) is 0 Å². The number of benzene rings is 1. The van der Waals surface area contributed by atoms with Crippen LogP contribution in [0.2, 0.25) is 0 Å². The molecule has 14 heavy (non-hydrogen) atoms. The van der Waals surface area contributed by atoms with Crippen molar-refractivity contribution < 1.29 is 0 Å². The second-order valence-corrected chi connectivity index (χ2v) is 4.18. The van der Waals surface area contributed by atoms with Crippen molar-refractivity contribution in [2.45, 2.75) is 4.43 Å². The van der Waals surface area contributed by atoms with Gasteiger partial charge in [0, 0.05) is 36.3 Å². The topological polar surface area (TPSA) is 17.3 Å². The predicted molar refractivity (Wildman–Crippen MR) is 68.2 cm³/mol. The minimum Gasteiger partial charge on any atom is -0.369 e. The number of hydrogen-bond acceptors (Lipinski definition) is 1. The van der Waals surface area contributed by atoms with E-state index in [1.165, 1.54) is 11.3 Å². The van der Waals surface area contributed by atoms with Crippen LogP contribution >= 0.6 is 22.6 Å². The standard InChI is InChI=1S/C11H14IN2/c12-9-10-3-1-2-4-11(10)14-7-5-13-6-8-14/h1-4H,5-9H2. The monoisotopic (exact) mass is 301 g/mol. The van der Waals surface area contributed by atoms with Crippen molar-refractivity contribution >= 4 is 28.3 Å². The lowest BCUT2D eigenvalue weighted by atomic mass is 10.1. The van der Waals surface area contributed by atoms with Crippen LogP contribution in [0.15, 0.2) is 24.3 Å². The number of piperazine rings is 1. The van der Waals surface area contributed by atoms with Gasteiger partial charge in [0.15, 0.2) is 0 Å². The lowest BCUT2D eigenvalue weighted by Crippen LogP contribution is -2.40. The first-order valence-electron chi connectivity index (χ1n) is 4.94. The molecule has 1 fully saturated rings. The molecule has 75 valence electrons. The Balaban J connectivity index is 2.20. The van der Waals surface area contributed by atoms with Gasteiger partial charge in [-0.15, -0.1) is 0 Å². The average molecular weight is 301 g/mol. The highest BCUT2D eigenvalue weighted by molar-refractivity contribution is 14.1. The van der Waals surface area contributed by atoms with Gasteiger partial charge in [0.25, 0.3) is 0 Å². The molecule has 0 saturated carbocycles. The van der Waals surface area contributed by atoms with E-state index in [2.05, 4.69) is 57.1 Å². The fourth-order valence-corrected chi connectivity index (χ4v) is 2.42. The maximum atomic E-state index is 4.36. The van der Waals surface area contributed by atoms with Gasteiger partial charge in [0.1, 0.15) is 0 Å². The Morgan fingerprint density at radius 1 is 1.21 bits per heavy atom. The molecular weight excluding hydrogens is 287 g/mol. The van der Waals surface area contributed by atoms with Crippen LogP contribution in [0.25, 0.3) is 0 Å². The molecule has 2 nitrogen and oxygen atoms in total. The van der Waals surface area contributed by atoms with Crippen LogP contribution in [-0.2, 0) is 4.43 Å². The van der Waals surface area contributed by atoms with Crippen molar-refractivity contribution in [1.29, 1.82) is 0 Å². The maximum Gasteiger partial charge on any atom is 0.0407 e. The Hall–Kier alpha value is -0.290. The molecular formula is C11H14IN2. The van der Waals surface area contributed by atoms with Crippen LogP contribution in [0.1, 0.15) is 5.56 Å². The van der Waals surface area contributed by atoms with Crippen molar-refractivity contribution in [3.05, 3.63) is 29.8 Å². The molecule has 0 aliphatic carbocycles. The molecule has 1 heterocycles. The zero-order chi connectivity index (χ0) is 9.80. The Kier molecular flexibility index (Phi) is 3.64. The largest absolute Gasteiger partial charge is 0.369 e. The van der Waals surface area contributed by atoms with E-state index < -0.39 is 0 Å². The molecule has 2 rings (SSSR count). The van der Waals surface area contributed by atoms with Crippen LogP contribution in [-0.4, -0.2) is 26.2 Å². The first-order valence-corrected chi connectivity index (χ1v) is 6.46. The summed E-state index contributed by atoms with van der Waals surface area (Å²) in [5.41, 5.74) is 2.84. The van der Waals surface area contributed by atoms with Crippen LogP contribution in [0, 0.1) is 0 Å². The normalized spacial score (nSPS) is 17.1. The first kappa shape index (κ1) is 10.2. The fraction of sp³-hybridized carbons (Fsp3) is 0.455. The molecule has 1 radical (unpaired) electrons. The highest BCUT2D eigenvalue weighted by Gasteiger charge is 2.13. The van der Waals surface area contributed by atoms with E-state index in [1.54, 1.807) is 0 Å². The van der Waals surface area contributed by atoms with Crippen molar-refractivity contribution in [3.63, 3.8) is 0 Å². The molecule has 3 heteroatoms. The molecule has 0 amide bonds. The summed E-state index contributed by atoms with van der Waals surface area (Å²) in [5, 5.41) is 4.36. The molecule has 0 bridgehead atoms. The van der Waals surface area contributed by atoms with Crippen LogP contribution < -0.4 is 10.2 Å². The van der Waals surface area contributed by atoms with Crippen molar-refractivity contribution in [3.8, 4) is 0 Å². The van der Waals surface area contributed by atoms with Gasteiger partial charge in [0.2, 0.25) is 0 Å². The molecule has 1 aliphatic heterocycles. The van der Waals surface area contributed by atoms with E-state index in [0.29, 0.717) is 0 Å². The summed E-state index contributed by atoms with van der Waals surface area (Å²) in [5.74, 6) is 0. The molecule has 1 aromatic rings. The number of rotatable bonds is 2. The summed E-state index contributed by atoms with van der Waals surface area (Å²) in [6.07, 6.45) is 0. The van der Waals surface area contributed by atoms with E-state index in [1.807, 2.05) is 0 Å². The van der Waals surface area contributed by atoms with Gasteiger partial charge >= 0.3 is 0 Å². The molecule has 0 spiro atoms. The van der Waals surface area contributed by atoms with E-state index >= 15 is 0 Å². The summed E-state index contributed by atoms with van der Waals surface area (Å²) < 4.78 is 1.08. The lowest BCUT2D eigenvalue weighted by molar-refractivity contribution is 0.578. The smallest absolute Gasteiger partial charge is 0.0407 e. The number of nitrogens with zero attached hydrogens (tertiary/aromatic N) is 2. The highest BCUT2D eigenvalue weighted by atomic mass is 127. The number of halogens is 1. The number of alkyl halides is 1. The molecule has 0 unspecified atom stereocenters. The Morgan fingerprint density at radius 3 is 2.64 bits per heavy atom. The lowest BCUT2D eigenvalue weighted by Gasteiger charge is -2.30. The van der Waals surface area contributed by atoms with E-state index in [-0.39, 0.29) is 0 Å². The second kappa shape index (κ2) is 4.98. The average Bonchev–Trinajstić information content (AvgIpc) is 2.30. The quantitative estimate of drug-likeness (QED) is 0.604. The molecule has 1 aliphatic rings. The highest BCUT2D eigenvalue weighted by Crippen LogP contribution is 2.22. The Morgan fingerprint density at radius 2 is 1.93 bits per heavy atom. The molecule has 0 aromatic heterocycles. The number of anilines is 1. The fourth-order valence-electron chi connectivity index (χ4n) is 1.78. The van der Waals surface area contributed by atoms with Crippen molar-refractivity contribution in [2.75, 3.05) is 31.1 Å². The van der Waals surface area contributed by atoms with Crippen LogP contribution in [0.3, 0.4) is 0 Å². The van der Waals surface area contributed by atoms with E-state index in [4.69, 9.17) is 0 Å². The van der Waals surface area contributed by atoms with Gasteiger partial charge < -0.3 is 4.90 Å². The number of para-hydroxylation sites is 1. The summed E-state index contributed by atoms with van der Waals surface area (Å²) in [7, 11) is 0. The van der Waals surface area contributed by atoms with Gasteiger partial charge in [-0.25, -0.2) is 5.32 Å². The minimum absolute atomic E-state index is 0.982. The van der Waals surface area contributed by atoms with Crippen LogP contribution in [0.5, 0.6) is 0 Å². The Bertz CT molecular complexity index is 295. The predicted octanol–water partition coefficient (Wildman–Crippen LogP) is 2.05. The van der Waals surface area contributed by atoms with E-state index in [0.717, 1.165) is 30.6 Å². The molecule has 0 N–H and O–H groups in total. The molecule has 0 atom stereocenters. The number of hydrogen-bond donors (Lipinski definition) is 0. The van der Waals surface area contributed by atoms with Crippen molar-refractivity contribution in [1.82, 2.24) is 5.32 Å². The summed E-state index contributed by atoms with van der Waals surface area (Å²) in [4.78, 5) is 2.45. The third kappa shape index (κ3) is 2.20. The second-order valence-electron chi connectivity index (χ2n) is 3.42. The third-order valence-corrected chi connectivity index (χ3v) is 3.35. The van der Waals surface area contributed by atoms with Gasteiger partial charge in [0.05, 0.1) is 0 Å². The summed E-state index contributed by atoms with van der Waals surface area (Å²) in [6.45, 7) is 4.12. The zero-order valence-corrected chi connectivity index (χ0v) is 10.3. The maximum absolute atomic E-state index is 4.36. The first-order chi connectivity index (χ1) is 6.92. The van der Waals surface area contributed by atoms with Gasteiger partial charge in [-0.3, -0.25) is 0 Å². The zero-order valence-electron chi connectivity index (χ0n) is 8.12. The minimum atomic E-state index is 0.982.